The summed E-state index contributed by atoms with van der Waals surface area (Å²) in [5.74, 6) is 1.73. The lowest BCUT2D eigenvalue weighted by Gasteiger charge is -2.20. The van der Waals surface area contributed by atoms with Crippen LogP contribution in [0.3, 0.4) is 0 Å². The summed E-state index contributed by atoms with van der Waals surface area (Å²) < 4.78 is 23.7. The second-order valence-corrected chi connectivity index (χ2v) is 12.4. The molecule has 0 radical (unpaired) electrons. The van der Waals surface area contributed by atoms with Gasteiger partial charge in [-0.25, -0.2) is 0 Å². The SMILES string of the molecule is C=C1C[C@H]2C=Nc3cc(OCc4cc(C)cc(COc5cc6c(cc5OC)C(=O)N5CC(=C)C[C@H]5C=N6)c4)c(OC)cc3C(=O)N2C1. The van der Waals surface area contributed by atoms with Crippen molar-refractivity contribution >= 4 is 35.6 Å². The van der Waals surface area contributed by atoms with Gasteiger partial charge in [-0.05, 0) is 49.1 Å². The predicted octanol–water partition coefficient (Wildman–Crippen LogP) is 6.14. The first-order chi connectivity index (χ1) is 22.7. The van der Waals surface area contributed by atoms with Crippen LogP contribution in [-0.4, -0.2) is 73.4 Å². The summed E-state index contributed by atoms with van der Waals surface area (Å²) in [6.07, 6.45) is 5.06. The molecule has 4 aliphatic rings. The molecular weight excluding hydrogens is 596 g/mol. The Morgan fingerprint density at radius 2 is 1.13 bits per heavy atom. The van der Waals surface area contributed by atoms with Gasteiger partial charge in [0, 0.05) is 37.7 Å². The summed E-state index contributed by atoms with van der Waals surface area (Å²) in [5, 5.41) is 0. The number of ether oxygens (including phenoxy) is 4. The predicted molar refractivity (Wildman–Crippen MR) is 179 cm³/mol. The summed E-state index contributed by atoms with van der Waals surface area (Å²) in [6, 6.07) is 12.9. The van der Waals surface area contributed by atoms with Gasteiger partial charge in [-0.2, -0.15) is 0 Å². The molecule has 2 amide bonds. The van der Waals surface area contributed by atoms with Gasteiger partial charge in [0.2, 0.25) is 0 Å². The Labute approximate surface area is 273 Å². The molecule has 4 heterocycles. The van der Waals surface area contributed by atoms with E-state index in [-0.39, 0.29) is 37.1 Å². The number of aliphatic imine (C=N–C) groups is 2. The fourth-order valence-electron chi connectivity index (χ4n) is 6.65. The number of rotatable bonds is 8. The number of carbonyl (C=O) groups excluding carboxylic acids is 2. The molecule has 2 fully saturated rings. The summed E-state index contributed by atoms with van der Waals surface area (Å²) in [6.45, 7) is 11.7. The van der Waals surface area contributed by atoms with E-state index in [1.165, 1.54) is 0 Å². The zero-order valence-corrected chi connectivity index (χ0v) is 26.7. The van der Waals surface area contributed by atoms with E-state index in [2.05, 4.69) is 23.1 Å². The minimum absolute atomic E-state index is 0.0922. The third-order valence-corrected chi connectivity index (χ3v) is 8.89. The molecule has 0 unspecified atom stereocenters. The molecule has 0 aliphatic carbocycles. The maximum Gasteiger partial charge on any atom is 0.257 e. The first-order valence-electron chi connectivity index (χ1n) is 15.5. The van der Waals surface area contributed by atoms with Crippen LogP contribution in [0.2, 0.25) is 0 Å². The van der Waals surface area contributed by atoms with Crippen LogP contribution in [0.5, 0.6) is 23.0 Å². The Bertz CT molecular complexity index is 1760. The molecule has 2 saturated heterocycles. The van der Waals surface area contributed by atoms with Gasteiger partial charge in [-0.3, -0.25) is 19.6 Å². The molecule has 7 rings (SSSR count). The average Bonchev–Trinajstić information content (AvgIpc) is 3.57. The molecule has 0 aromatic heterocycles. The van der Waals surface area contributed by atoms with Gasteiger partial charge in [0.25, 0.3) is 11.8 Å². The molecule has 4 aliphatic heterocycles. The van der Waals surface area contributed by atoms with Crippen LogP contribution in [0.4, 0.5) is 11.4 Å². The Morgan fingerprint density at radius 1 is 0.681 bits per heavy atom. The van der Waals surface area contributed by atoms with Crippen LogP contribution >= 0.6 is 0 Å². The van der Waals surface area contributed by atoms with Gasteiger partial charge in [0.05, 0.1) is 48.8 Å². The molecule has 10 heteroatoms. The van der Waals surface area contributed by atoms with Crippen molar-refractivity contribution in [1.29, 1.82) is 0 Å². The zero-order chi connectivity index (χ0) is 32.8. The fraction of sp³-hybridized carbons (Fsp3) is 0.297. The van der Waals surface area contributed by atoms with Gasteiger partial charge >= 0.3 is 0 Å². The molecule has 47 heavy (non-hydrogen) atoms. The van der Waals surface area contributed by atoms with E-state index in [9.17, 15) is 9.59 Å². The number of nitrogens with zero attached hydrogens (tertiary/aromatic N) is 4. The normalized spacial score (nSPS) is 19.6. The van der Waals surface area contributed by atoms with Gasteiger partial charge in [0.1, 0.15) is 13.2 Å². The van der Waals surface area contributed by atoms with Crippen molar-refractivity contribution < 1.29 is 28.5 Å². The standard InChI is InChI=1S/C37H36N4O6/c1-21-6-24(19-46-34-13-30-28(11-32(34)44-4)36(42)40-17-22(2)8-26(40)15-38-30)10-25(7-21)20-47-35-14-31-29(12-33(35)45-5)37(43)41-18-23(3)9-27(41)16-39-31/h6-7,10-16,26-27H,2-3,8-9,17-20H2,1,4-5H3/t26-,27-/m0/s1. The van der Waals surface area contributed by atoms with Crippen molar-refractivity contribution in [3.63, 3.8) is 0 Å². The fourth-order valence-corrected chi connectivity index (χ4v) is 6.65. The number of methoxy groups -OCH3 is 2. The summed E-state index contributed by atoms with van der Waals surface area (Å²) in [5.41, 5.74) is 7.01. The first kappa shape index (κ1) is 30.3. The Balaban J connectivity index is 1.08. The average molecular weight is 633 g/mol. The van der Waals surface area contributed by atoms with Gasteiger partial charge < -0.3 is 28.7 Å². The van der Waals surface area contributed by atoms with Crippen LogP contribution in [0.25, 0.3) is 0 Å². The Kier molecular flexibility index (Phi) is 7.79. The summed E-state index contributed by atoms with van der Waals surface area (Å²) in [7, 11) is 3.11. The summed E-state index contributed by atoms with van der Waals surface area (Å²) in [4.78, 5) is 39.5. The minimum Gasteiger partial charge on any atom is -0.493 e. The molecule has 0 spiro atoms. The number of amides is 2. The van der Waals surface area contributed by atoms with Crippen LogP contribution < -0.4 is 18.9 Å². The summed E-state index contributed by atoms with van der Waals surface area (Å²) >= 11 is 0. The van der Waals surface area contributed by atoms with Crippen molar-refractivity contribution in [3.8, 4) is 23.0 Å². The number of carbonyl (C=O) groups is 2. The van der Waals surface area contributed by atoms with E-state index in [1.807, 2.05) is 37.6 Å². The molecular formula is C37H36N4O6. The molecule has 0 bridgehead atoms. The number of benzene rings is 3. The molecule has 10 nitrogen and oxygen atoms in total. The second-order valence-electron chi connectivity index (χ2n) is 12.4. The molecule has 2 atom stereocenters. The first-order valence-corrected chi connectivity index (χ1v) is 15.5. The van der Waals surface area contributed by atoms with Crippen LogP contribution in [0.15, 0.2) is 76.8 Å². The van der Waals surface area contributed by atoms with Crippen molar-refractivity contribution in [3.05, 3.63) is 94.6 Å². The van der Waals surface area contributed by atoms with Crippen LogP contribution in [0, 0.1) is 6.92 Å². The second kappa shape index (κ2) is 12.1. The largest absolute Gasteiger partial charge is 0.493 e. The lowest BCUT2D eigenvalue weighted by atomic mass is 10.1. The molecule has 240 valence electrons. The van der Waals surface area contributed by atoms with Gasteiger partial charge in [0.15, 0.2) is 23.0 Å². The quantitative estimate of drug-likeness (QED) is 0.277. The monoisotopic (exact) mass is 632 g/mol. The van der Waals surface area contributed by atoms with E-state index in [4.69, 9.17) is 18.9 Å². The van der Waals surface area contributed by atoms with Crippen molar-refractivity contribution in [1.82, 2.24) is 9.80 Å². The highest BCUT2D eigenvalue weighted by atomic mass is 16.5. The van der Waals surface area contributed by atoms with E-state index in [1.54, 1.807) is 48.3 Å². The third kappa shape index (κ3) is 5.75. The van der Waals surface area contributed by atoms with Crippen molar-refractivity contribution in [2.24, 2.45) is 9.98 Å². The lowest BCUT2D eigenvalue weighted by molar-refractivity contribution is 0.0769. The topological polar surface area (TPSA) is 102 Å². The van der Waals surface area contributed by atoms with Crippen molar-refractivity contribution in [2.45, 2.75) is 45.1 Å². The van der Waals surface area contributed by atoms with Gasteiger partial charge in [-0.15, -0.1) is 0 Å². The van der Waals surface area contributed by atoms with Crippen LogP contribution in [-0.2, 0) is 13.2 Å². The minimum atomic E-state index is -0.0924. The number of aryl methyl sites for hydroxylation is 1. The Morgan fingerprint density at radius 3 is 1.55 bits per heavy atom. The highest BCUT2D eigenvalue weighted by Crippen LogP contribution is 2.40. The highest BCUT2D eigenvalue weighted by molar-refractivity contribution is 6.04. The van der Waals surface area contributed by atoms with E-state index < -0.39 is 0 Å². The highest BCUT2D eigenvalue weighted by Gasteiger charge is 2.35. The molecule has 3 aromatic rings. The number of hydrogen-bond acceptors (Lipinski definition) is 8. The number of hydrogen-bond donors (Lipinski definition) is 0. The van der Waals surface area contributed by atoms with E-state index in [0.29, 0.717) is 71.4 Å². The third-order valence-electron chi connectivity index (χ3n) is 8.89. The smallest absolute Gasteiger partial charge is 0.257 e. The zero-order valence-electron chi connectivity index (χ0n) is 26.7. The maximum atomic E-state index is 13.3. The van der Waals surface area contributed by atoms with Gasteiger partial charge in [-0.1, -0.05) is 42.0 Å². The van der Waals surface area contributed by atoms with E-state index in [0.717, 1.165) is 27.8 Å². The van der Waals surface area contributed by atoms with Crippen LogP contribution in [0.1, 0.15) is 50.2 Å². The number of fused-ring (bicyclic) bond motifs is 4. The van der Waals surface area contributed by atoms with E-state index >= 15 is 0 Å². The molecule has 0 saturated carbocycles. The Hall–Kier alpha value is -5.38. The molecule has 3 aromatic carbocycles. The van der Waals surface area contributed by atoms with Crippen molar-refractivity contribution in [2.75, 3.05) is 27.3 Å². The maximum absolute atomic E-state index is 13.3. The lowest BCUT2D eigenvalue weighted by Crippen LogP contribution is -2.35. The molecule has 0 N–H and O–H groups in total.